The maximum absolute atomic E-state index is 5.72. The van der Waals surface area contributed by atoms with Gasteiger partial charge in [-0.15, -0.1) is 0 Å². The highest BCUT2D eigenvalue weighted by Crippen LogP contribution is 2.24. The van der Waals surface area contributed by atoms with Gasteiger partial charge in [0.05, 0.1) is 12.7 Å². The lowest BCUT2D eigenvalue weighted by Gasteiger charge is -2.44. The standard InChI is InChI=1S/C13H22N2O/c1-11-7-15(13(2,3)10-16-11)9-12-5-6-14(4)8-12/h5-6,8,11H,7,9-10H2,1-4H3/t11-/m1/s1. The van der Waals surface area contributed by atoms with Crippen LogP contribution in [0.5, 0.6) is 0 Å². The Balaban J connectivity index is 2.06. The van der Waals surface area contributed by atoms with E-state index < -0.39 is 0 Å². The van der Waals surface area contributed by atoms with Crippen LogP contribution in [-0.2, 0) is 18.3 Å². The van der Waals surface area contributed by atoms with Crippen molar-refractivity contribution in [1.29, 1.82) is 0 Å². The topological polar surface area (TPSA) is 17.4 Å². The summed E-state index contributed by atoms with van der Waals surface area (Å²) in [6.45, 7) is 9.50. The molecule has 1 aliphatic heterocycles. The molecule has 1 aromatic heterocycles. The SMILES string of the molecule is C[C@@H]1CN(Cc2ccn(C)c2)C(C)(C)CO1. The maximum atomic E-state index is 5.72. The van der Waals surface area contributed by atoms with Gasteiger partial charge in [-0.3, -0.25) is 4.90 Å². The summed E-state index contributed by atoms with van der Waals surface area (Å²) in [6, 6.07) is 2.19. The molecule has 2 rings (SSSR count). The molecule has 0 spiro atoms. The van der Waals surface area contributed by atoms with Gasteiger partial charge in [0.15, 0.2) is 0 Å². The van der Waals surface area contributed by atoms with Gasteiger partial charge in [0.2, 0.25) is 0 Å². The number of nitrogens with zero attached hydrogens (tertiary/aromatic N) is 2. The fourth-order valence-corrected chi connectivity index (χ4v) is 2.20. The van der Waals surface area contributed by atoms with Crippen LogP contribution in [0, 0.1) is 0 Å². The highest BCUT2D eigenvalue weighted by Gasteiger charge is 2.33. The van der Waals surface area contributed by atoms with E-state index in [4.69, 9.17) is 4.74 Å². The predicted molar refractivity (Wildman–Crippen MR) is 65.3 cm³/mol. The molecule has 90 valence electrons. The van der Waals surface area contributed by atoms with Crippen LogP contribution in [0.15, 0.2) is 18.5 Å². The molecule has 1 fully saturated rings. The van der Waals surface area contributed by atoms with E-state index in [9.17, 15) is 0 Å². The Morgan fingerprint density at radius 1 is 1.50 bits per heavy atom. The van der Waals surface area contributed by atoms with Crippen molar-refractivity contribution in [2.24, 2.45) is 7.05 Å². The summed E-state index contributed by atoms with van der Waals surface area (Å²) in [7, 11) is 2.07. The van der Waals surface area contributed by atoms with Crippen molar-refractivity contribution >= 4 is 0 Å². The van der Waals surface area contributed by atoms with E-state index in [2.05, 4.69) is 55.7 Å². The van der Waals surface area contributed by atoms with Crippen LogP contribution in [0.1, 0.15) is 26.3 Å². The van der Waals surface area contributed by atoms with E-state index in [-0.39, 0.29) is 5.54 Å². The van der Waals surface area contributed by atoms with Crippen molar-refractivity contribution in [2.45, 2.75) is 39.0 Å². The van der Waals surface area contributed by atoms with Gasteiger partial charge in [0.1, 0.15) is 0 Å². The van der Waals surface area contributed by atoms with Gasteiger partial charge < -0.3 is 9.30 Å². The first-order valence-corrected chi connectivity index (χ1v) is 5.95. The zero-order valence-corrected chi connectivity index (χ0v) is 10.7. The third-order valence-electron chi connectivity index (χ3n) is 3.32. The third kappa shape index (κ3) is 2.47. The number of morpholine rings is 1. The lowest BCUT2D eigenvalue weighted by molar-refractivity contribution is -0.0949. The summed E-state index contributed by atoms with van der Waals surface area (Å²) in [5.74, 6) is 0. The summed E-state index contributed by atoms with van der Waals surface area (Å²) < 4.78 is 7.82. The van der Waals surface area contributed by atoms with E-state index >= 15 is 0 Å². The summed E-state index contributed by atoms with van der Waals surface area (Å²) >= 11 is 0. The second kappa shape index (κ2) is 4.22. The van der Waals surface area contributed by atoms with Crippen molar-refractivity contribution in [2.75, 3.05) is 13.2 Å². The zero-order chi connectivity index (χ0) is 11.8. The number of ether oxygens (including phenoxy) is 1. The van der Waals surface area contributed by atoms with Gasteiger partial charge in [-0.2, -0.15) is 0 Å². The molecular formula is C13H22N2O. The summed E-state index contributed by atoms with van der Waals surface area (Å²) in [6.07, 6.45) is 4.64. The molecule has 0 saturated carbocycles. The molecule has 0 aliphatic carbocycles. The maximum Gasteiger partial charge on any atom is 0.0675 e. The van der Waals surface area contributed by atoms with Crippen LogP contribution in [0.3, 0.4) is 0 Å². The molecule has 1 atom stereocenters. The van der Waals surface area contributed by atoms with Crippen molar-refractivity contribution in [3.63, 3.8) is 0 Å². The van der Waals surface area contributed by atoms with Crippen LogP contribution in [0.25, 0.3) is 0 Å². The first-order chi connectivity index (χ1) is 7.47. The number of hydrogen-bond donors (Lipinski definition) is 0. The van der Waals surface area contributed by atoms with Crippen molar-refractivity contribution in [1.82, 2.24) is 9.47 Å². The molecule has 1 aliphatic rings. The van der Waals surface area contributed by atoms with Gasteiger partial charge in [-0.25, -0.2) is 0 Å². The number of hydrogen-bond acceptors (Lipinski definition) is 2. The summed E-state index contributed by atoms with van der Waals surface area (Å²) in [5, 5.41) is 0. The smallest absolute Gasteiger partial charge is 0.0675 e. The molecule has 0 aromatic carbocycles. The zero-order valence-electron chi connectivity index (χ0n) is 10.7. The predicted octanol–water partition coefficient (Wildman–Crippen LogP) is 2.02. The van der Waals surface area contributed by atoms with Crippen molar-refractivity contribution in [3.8, 4) is 0 Å². The Kier molecular flexibility index (Phi) is 3.08. The normalized spacial score (nSPS) is 25.9. The van der Waals surface area contributed by atoms with Crippen LogP contribution >= 0.6 is 0 Å². The van der Waals surface area contributed by atoms with E-state index in [1.165, 1.54) is 5.56 Å². The highest BCUT2D eigenvalue weighted by atomic mass is 16.5. The molecule has 0 N–H and O–H groups in total. The van der Waals surface area contributed by atoms with Crippen LogP contribution < -0.4 is 0 Å². The molecule has 3 nitrogen and oxygen atoms in total. The Morgan fingerprint density at radius 2 is 2.25 bits per heavy atom. The first kappa shape index (κ1) is 11.7. The third-order valence-corrected chi connectivity index (χ3v) is 3.32. The number of aryl methyl sites for hydroxylation is 1. The van der Waals surface area contributed by atoms with Crippen molar-refractivity contribution in [3.05, 3.63) is 24.0 Å². The van der Waals surface area contributed by atoms with Gasteiger partial charge in [0.25, 0.3) is 0 Å². The minimum Gasteiger partial charge on any atom is -0.375 e. The Morgan fingerprint density at radius 3 is 2.88 bits per heavy atom. The monoisotopic (exact) mass is 222 g/mol. The van der Waals surface area contributed by atoms with Gasteiger partial charge in [0, 0.05) is 38.1 Å². The average molecular weight is 222 g/mol. The summed E-state index contributed by atoms with van der Waals surface area (Å²) in [4.78, 5) is 2.51. The second-order valence-corrected chi connectivity index (χ2v) is 5.50. The average Bonchev–Trinajstić information content (AvgIpc) is 2.59. The molecule has 0 unspecified atom stereocenters. The lowest BCUT2D eigenvalue weighted by Crippen LogP contribution is -2.54. The quantitative estimate of drug-likeness (QED) is 0.761. The molecule has 0 bridgehead atoms. The second-order valence-electron chi connectivity index (χ2n) is 5.50. The number of aromatic nitrogens is 1. The fourth-order valence-electron chi connectivity index (χ4n) is 2.20. The molecule has 1 aromatic rings. The van der Waals surface area contributed by atoms with E-state index in [1.54, 1.807) is 0 Å². The molecule has 1 saturated heterocycles. The lowest BCUT2D eigenvalue weighted by atomic mass is 10.0. The van der Waals surface area contributed by atoms with Crippen molar-refractivity contribution < 1.29 is 4.74 Å². The Bertz CT molecular complexity index is 357. The van der Waals surface area contributed by atoms with E-state index in [0.29, 0.717) is 6.10 Å². The Labute approximate surface area is 98.0 Å². The van der Waals surface area contributed by atoms with Crippen LogP contribution in [0.2, 0.25) is 0 Å². The number of rotatable bonds is 2. The van der Waals surface area contributed by atoms with Gasteiger partial charge >= 0.3 is 0 Å². The summed E-state index contributed by atoms with van der Waals surface area (Å²) in [5.41, 5.74) is 1.52. The molecule has 0 radical (unpaired) electrons. The van der Waals surface area contributed by atoms with E-state index in [1.807, 2.05) is 0 Å². The molecular weight excluding hydrogens is 200 g/mol. The van der Waals surface area contributed by atoms with Crippen LogP contribution in [-0.4, -0.2) is 34.3 Å². The van der Waals surface area contributed by atoms with E-state index in [0.717, 1.165) is 19.7 Å². The molecule has 2 heterocycles. The first-order valence-electron chi connectivity index (χ1n) is 5.95. The Hall–Kier alpha value is -0.800. The van der Waals surface area contributed by atoms with Crippen LogP contribution in [0.4, 0.5) is 0 Å². The molecule has 3 heteroatoms. The molecule has 0 amide bonds. The largest absolute Gasteiger partial charge is 0.375 e. The van der Waals surface area contributed by atoms with Gasteiger partial charge in [-0.1, -0.05) is 0 Å². The fraction of sp³-hybridized carbons (Fsp3) is 0.692. The highest BCUT2D eigenvalue weighted by molar-refractivity contribution is 5.10. The van der Waals surface area contributed by atoms with Gasteiger partial charge in [-0.05, 0) is 32.4 Å². The molecule has 16 heavy (non-hydrogen) atoms. The minimum atomic E-state index is 0.141. The minimum absolute atomic E-state index is 0.141.